The molecule has 3 aromatic carbocycles. The average Bonchev–Trinajstić information content (AvgIpc) is 3.03. The molecule has 0 amide bonds. The molecule has 27 heavy (non-hydrogen) atoms. The van der Waals surface area contributed by atoms with Crippen LogP contribution in [0.1, 0.15) is 11.1 Å². The average molecular weight is 440 g/mol. The minimum Gasteiger partial charge on any atom is -0.327 e. The molecule has 0 unspecified atom stereocenters. The third kappa shape index (κ3) is 3.33. The fraction of sp³-hybridized carbons (Fsp3) is 0.0909. The smallest absolute Gasteiger partial charge is 0.222 e. The highest BCUT2D eigenvalue weighted by atomic mass is 79.9. The molecule has 0 saturated heterocycles. The van der Waals surface area contributed by atoms with Crippen molar-refractivity contribution in [3.63, 3.8) is 0 Å². The number of sulfone groups is 1. The van der Waals surface area contributed by atoms with Crippen LogP contribution in [0.25, 0.3) is 10.9 Å². The van der Waals surface area contributed by atoms with Gasteiger partial charge in [-0.2, -0.15) is 0 Å². The Morgan fingerprint density at radius 2 is 1.56 bits per heavy atom. The second-order valence-corrected chi connectivity index (χ2v) is 9.29. The fourth-order valence-electron chi connectivity index (χ4n) is 3.21. The van der Waals surface area contributed by atoms with Crippen LogP contribution in [0.2, 0.25) is 0 Å². The van der Waals surface area contributed by atoms with Gasteiger partial charge in [-0.15, -0.1) is 0 Å². The van der Waals surface area contributed by atoms with Crippen molar-refractivity contribution >= 4 is 36.7 Å². The lowest BCUT2D eigenvalue weighted by Gasteiger charge is -2.13. The van der Waals surface area contributed by atoms with Crippen LogP contribution in [0.4, 0.5) is 0 Å². The molecule has 0 aliphatic rings. The second-order valence-electron chi connectivity index (χ2n) is 6.54. The van der Waals surface area contributed by atoms with E-state index in [2.05, 4.69) is 15.9 Å². The van der Waals surface area contributed by atoms with Gasteiger partial charge < -0.3 is 4.57 Å². The molecule has 5 heteroatoms. The van der Waals surface area contributed by atoms with Gasteiger partial charge in [0.15, 0.2) is 0 Å². The highest BCUT2D eigenvalue weighted by molar-refractivity contribution is 9.10. The van der Waals surface area contributed by atoms with E-state index in [0.29, 0.717) is 16.5 Å². The number of aryl methyl sites for hydroxylation is 1. The first kappa shape index (κ1) is 18.0. The summed E-state index contributed by atoms with van der Waals surface area (Å²) in [6.45, 7) is 2.41. The van der Waals surface area contributed by atoms with Crippen LogP contribution >= 0.6 is 15.9 Å². The Labute approximate surface area is 167 Å². The molecule has 1 aromatic heterocycles. The molecule has 0 saturated carbocycles. The summed E-state index contributed by atoms with van der Waals surface area (Å²) in [6, 6.07) is 24.4. The SMILES string of the molecule is Cc1ccc(S(=O)(=O)c2cc3ccccc3n2Cc2ccccc2Br)cc1. The van der Waals surface area contributed by atoms with E-state index >= 15 is 0 Å². The maximum Gasteiger partial charge on any atom is 0.222 e. The van der Waals surface area contributed by atoms with Crippen LogP contribution in [0.3, 0.4) is 0 Å². The molecule has 3 nitrogen and oxygen atoms in total. The second kappa shape index (κ2) is 6.98. The molecule has 0 aliphatic carbocycles. The maximum absolute atomic E-state index is 13.4. The number of halogens is 1. The largest absolute Gasteiger partial charge is 0.327 e. The van der Waals surface area contributed by atoms with Crippen LogP contribution in [0.15, 0.2) is 93.3 Å². The number of hydrogen-bond acceptors (Lipinski definition) is 2. The van der Waals surface area contributed by atoms with E-state index in [1.165, 1.54) is 0 Å². The normalized spacial score (nSPS) is 11.8. The quantitative estimate of drug-likeness (QED) is 0.415. The highest BCUT2D eigenvalue weighted by Gasteiger charge is 2.24. The lowest BCUT2D eigenvalue weighted by atomic mass is 10.2. The van der Waals surface area contributed by atoms with Gasteiger partial charge in [-0.1, -0.05) is 70.0 Å². The van der Waals surface area contributed by atoms with E-state index in [0.717, 1.165) is 26.5 Å². The molecule has 0 radical (unpaired) electrons. The summed E-state index contributed by atoms with van der Waals surface area (Å²) in [5.41, 5.74) is 2.96. The Morgan fingerprint density at radius 1 is 0.889 bits per heavy atom. The van der Waals surface area contributed by atoms with Crippen LogP contribution in [-0.4, -0.2) is 13.0 Å². The standard InChI is InChI=1S/C22H18BrNO2S/c1-16-10-12-19(13-11-16)27(25,26)22-14-17-6-3-5-9-21(17)24(22)15-18-7-2-4-8-20(18)23/h2-14H,15H2,1H3. The molecule has 4 aromatic rings. The van der Waals surface area contributed by atoms with E-state index < -0.39 is 9.84 Å². The van der Waals surface area contributed by atoms with Gasteiger partial charge in [0.1, 0.15) is 5.03 Å². The molecule has 0 N–H and O–H groups in total. The van der Waals surface area contributed by atoms with E-state index in [4.69, 9.17) is 0 Å². The molecule has 0 bridgehead atoms. The summed E-state index contributed by atoms with van der Waals surface area (Å²) in [4.78, 5) is 0.310. The van der Waals surface area contributed by atoms with E-state index in [-0.39, 0.29) is 0 Å². The molecule has 4 rings (SSSR count). The van der Waals surface area contributed by atoms with Gasteiger partial charge in [-0.05, 0) is 42.8 Å². The third-order valence-electron chi connectivity index (χ3n) is 4.67. The predicted molar refractivity (Wildman–Crippen MR) is 112 cm³/mol. The number of benzene rings is 3. The monoisotopic (exact) mass is 439 g/mol. The molecule has 136 valence electrons. The van der Waals surface area contributed by atoms with Crippen molar-refractivity contribution in [3.8, 4) is 0 Å². The van der Waals surface area contributed by atoms with Gasteiger partial charge >= 0.3 is 0 Å². The Morgan fingerprint density at radius 3 is 2.30 bits per heavy atom. The zero-order valence-electron chi connectivity index (χ0n) is 14.8. The first-order chi connectivity index (χ1) is 13.0. The van der Waals surface area contributed by atoms with Gasteiger partial charge in [0.25, 0.3) is 0 Å². The summed E-state index contributed by atoms with van der Waals surface area (Å²) in [6.07, 6.45) is 0. The van der Waals surface area contributed by atoms with Crippen molar-refractivity contribution in [1.29, 1.82) is 0 Å². The minimum atomic E-state index is -3.63. The Kier molecular flexibility index (Phi) is 4.66. The van der Waals surface area contributed by atoms with Crippen molar-refractivity contribution in [2.45, 2.75) is 23.4 Å². The van der Waals surface area contributed by atoms with Gasteiger partial charge in [-0.3, -0.25) is 0 Å². The van der Waals surface area contributed by atoms with Gasteiger partial charge in [0, 0.05) is 21.9 Å². The molecule has 1 heterocycles. The summed E-state index contributed by atoms with van der Waals surface area (Å²) in [5, 5.41) is 1.22. The number of hydrogen-bond donors (Lipinski definition) is 0. The number of fused-ring (bicyclic) bond motifs is 1. The van der Waals surface area contributed by atoms with Crippen LogP contribution in [-0.2, 0) is 16.4 Å². The lowest BCUT2D eigenvalue weighted by molar-refractivity contribution is 0.583. The number of para-hydroxylation sites is 1. The summed E-state index contributed by atoms with van der Waals surface area (Å²) in [7, 11) is -3.63. The van der Waals surface area contributed by atoms with Crippen molar-refractivity contribution in [2.24, 2.45) is 0 Å². The zero-order chi connectivity index (χ0) is 19.0. The van der Waals surface area contributed by atoms with Crippen LogP contribution in [0.5, 0.6) is 0 Å². The van der Waals surface area contributed by atoms with Crippen LogP contribution < -0.4 is 0 Å². The first-order valence-electron chi connectivity index (χ1n) is 8.60. The first-order valence-corrected chi connectivity index (χ1v) is 10.9. The van der Waals surface area contributed by atoms with Gasteiger partial charge in [0.05, 0.1) is 4.90 Å². The van der Waals surface area contributed by atoms with Crippen molar-refractivity contribution < 1.29 is 8.42 Å². The fourth-order valence-corrected chi connectivity index (χ4v) is 5.09. The molecule has 0 spiro atoms. The highest BCUT2D eigenvalue weighted by Crippen LogP contribution is 2.30. The van der Waals surface area contributed by atoms with Crippen molar-refractivity contribution in [2.75, 3.05) is 0 Å². The molecule has 0 aliphatic heterocycles. The summed E-state index contributed by atoms with van der Waals surface area (Å²) >= 11 is 3.57. The van der Waals surface area contributed by atoms with E-state index in [1.807, 2.05) is 72.2 Å². The summed E-state index contributed by atoms with van der Waals surface area (Å²) < 4.78 is 29.6. The Bertz CT molecular complexity index is 1220. The molecule has 0 fully saturated rings. The Hall–Kier alpha value is -2.37. The van der Waals surface area contributed by atoms with Crippen molar-refractivity contribution in [3.05, 3.63) is 94.5 Å². The molecular formula is C22H18BrNO2S. The number of aromatic nitrogens is 1. The predicted octanol–water partition coefficient (Wildman–Crippen LogP) is 5.59. The van der Waals surface area contributed by atoms with Crippen molar-refractivity contribution in [1.82, 2.24) is 4.57 Å². The topological polar surface area (TPSA) is 39.1 Å². The molecular weight excluding hydrogens is 422 g/mol. The van der Waals surface area contributed by atoms with Crippen LogP contribution in [0, 0.1) is 6.92 Å². The summed E-state index contributed by atoms with van der Waals surface area (Å²) in [5.74, 6) is 0. The zero-order valence-corrected chi connectivity index (χ0v) is 17.2. The van der Waals surface area contributed by atoms with E-state index in [9.17, 15) is 8.42 Å². The van der Waals surface area contributed by atoms with Gasteiger partial charge in [0.2, 0.25) is 9.84 Å². The third-order valence-corrected chi connectivity index (χ3v) is 7.22. The maximum atomic E-state index is 13.4. The van der Waals surface area contributed by atoms with Gasteiger partial charge in [-0.25, -0.2) is 8.42 Å². The number of rotatable bonds is 4. The number of nitrogens with zero attached hydrogens (tertiary/aromatic N) is 1. The minimum absolute atomic E-state index is 0.309. The Balaban J connectivity index is 1.93. The van der Waals surface area contributed by atoms with E-state index in [1.54, 1.807) is 18.2 Å². The lowest BCUT2D eigenvalue weighted by Crippen LogP contribution is -2.11. The molecule has 0 atom stereocenters.